The molecule has 2 heterocycles. The van der Waals surface area contributed by atoms with Crippen LogP contribution in [0.1, 0.15) is 39.5 Å². The zero-order chi connectivity index (χ0) is 14.0. The van der Waals surface area contributed by atoms with Gasteiger partial charge in [-0.25, -0.2) is 4.79 Å². The number of hydrogen-bond donors (Lipinski definition) is 1. The summed E-state index contributed by atoms with van der Waals surface area (Å²) >= 11 is 0. The molecule has 2 amide bonds. The average molecular weight is 263 g/mol. The van der Waals surface area contributed by atoms with Gasteiger partial charge in [-0.3, -0.25) is 4.90 Å². The van der Waals surface area contributed by atoms with Crippen molar-refractivity contribution in [1.29, 1.82) is 0 Å². The van der Waals surface area contributed by atoms with Gasteiger partial charge in [0.15, 0.2) is 0 Å². The lowest BCUT2D eigenvalue weighted by Crippen LogP contribution is -2.61. The van der Waals surface area contributed by atoms with E-state index in [1.807, 2.05) is 6.92 Å². The molecule has 0 saturated carbocycles. The first-order chi connectivity index (χ1) is 9.05. The maximum Gasteiger partial charge on any atom is 0.347 e. The van der Waals surface area contributed by atoms with Crippen molar-refractivity contribution in [2.24, 2.45) is 10.7 Å². The molecule has 19 heavy (non-hydrogen) atoms. The van der Waals surface area contributed by atoms with Gasteiger partial charge < -0.3 is 10.5 Å². The Morgan fingerprint density at radius 2 is 2.47 bits per heavy atom. The van der Waals surface area contributed by atoms with Crippen LogP contribution >= 0.6 is 0 Å². The Balaban J connectivity index is 2.30. The lowest BCUT2D eigenvalue weighted by atomic mass is 9.82. The predicted octanol–water partition coefficient (Wildman–Crippen LogP) is 1.52. The molecule has 1 spiro atoms. The van der Waals surface area contributed by atoms with Crippen LogP contribution in [0.5, 0.6) is 0 Å². The number of amides is 2. The number of amidine groups is 1. The van der Waals surface area contributed by atoms with Crippen LogP contribution in [0.15, 0.2) is 4.99 Å². The number of carbonyl (C=O) groups is 1. The summed E-state index contributed by atoms with van der Waals surface area (Å²) in [6.07, 6.45) is 8.95. The van der Waals surface area contributed by atoms with E-state index in [-0.39, 0.29) is 18.2 Å². The van der Waals surface area contributed by atoms with Crippen molar-refractivity contribution < 1.29 is 9.53 Å². The number of aliphatic imine (C=N–C) groups is 1. The highest BCUT2D eigenvalue weighted by Crippen LogP contribution is 2.38. The second-order valence-corrected chi connectivity index (χ2v) is 5.26. The third kappa shape index (κ3) is 2.21. The highest BCUT2D eigenvalue weighted by atomic mass is 16.5. The second-order valence-electron chi connectivity index (χ2n) is 5.26. The predicted molar refractivity (Wildman–Crippen MR) is 73.8 cm³/mol. The summed E-state index contributed by atoms with van der Waals surface area (Å²) in [7, 11) is 0. The summed E-state index contributed by atoms with van der Waals surface area (Å²) in [6.45, 7) is 4.53. The van der Waals surface area contributed by atoms with Crippen molar-refractivity contribution >= 4 is 11.9 Å². The Morgan fingerprint density at radius 1 is 1.74 bits per heavy atom. The Morgan fingerprint density at radius 3 is 3.11 bits per heavy atom. The van der Waals surface area contributed by atoms with Gasteiger partial charge in [-0.15, -0.1) is 6.42 Å². The van der Waals surface area contributed by atoms with Gasteiger partial charge in [0.25, 0.3) is 0 Å². The van der Waals surface area contributed by atoms with E-state index >= 15 is 0 Å². The fourth-order valence-electron chi connectivity index (χ4n) is 3.07. The van der Waals surface area contributed by atoms with E-state index in [1.165, 1.54) is 0 Å². The summed E-state index contributed by atoms with van der Waals surface area (Å²) in [6, 6.07) is -0.627. The number of rotatable bonds is 3. The molecule has 2 N–H and O–H groups in total. The normalized spacial score (nSPS) is 32.3. The van der Waals surface area contributed by atoms with Crippen LogP contribution in [0, 0.1) is 12.3 Å². The van der Waals surface area contributed by atoms with Crippen molar-refractivity contribution in [1.82, 2.24) is 4.90 Å². The fraction of sp³-hybridized carbons (Fsp3) is 0.714. The van der Waals surface area contributed by atoms with Crippen LogP contribution in [-0.2, 0) is 4.74 Å². The molecule has 3 unspecified atom stereocenters. The van der Waals surface area contributed by atoms with E-state index in [9.17, 15) is 4.79 Å². The van der Waals surface area contributed by atoms with Crippen molar-refractivity contribution in [3.63, 3.8) is 0 Å². The van der Waals surface area contributed by atoms with E-state index < -0.39 is 5.54 Å². The first-order valence-corrected chi connectivity index (χ1v) is 6.81. The largest absolute Gasteiger partial charge is 0.385 e. The van der Waals surface area contributed by atoms with E-state index in [0.717, 1.165) is 12.8 Å². The van der Waals surface area contributed by atoms with Gasteiger partial charge in [0, 0.05) is 19.4 Å². The molecule has 0 aromatic rings. The minimum atomic E-state index is -0.541. The Hall–Kier alpha value is -1.54. The molecule has 2 rings (SSSR count). The Bertz CT molecular complexity index is 438. The monoisotopic (exact) mass is 263 g/mol. The highest BCUT2D eigenvalue weighted by Gasteiger charge is 2.52. The van der Waals surface area contributed by atoms with Crippen molar-refractivity contribution in [2.75, 3.05) is 6.61 Å². The van der Waals surface area contributed by atoms with Gasteiger partial charge in [-0.05, 0) is 13.3 Å². The lowest BCUT2D eigenvalue weighted by molar-refractivity contribution is -0.0397. The molecule has 104 valence electrons. The zero-order valence-electron chi connectivity index (χ0n) is 11.6. The van der Waals surface area contributed by atoms with E-state index in [4.69, 9.17) is 16.9 Å². The minimum Gasteiger partial charge on any atom is -0.385 e. The molecular formula is C14H21N3O2. The second kappa shape index (κ2) is 5.22. The SMILES string of the molecule is C#CC(C)N1C(=O)N=C(N)C12CCOC(CCC)C2. The molecule has 2 aliphatic rings. The number of carbonyl (C=O) groups excluding carboxylic acids is 1. The zero-order valence-corrected chi connectivity index (χ0v) is 11.6. The number of hydrogen-bond acceptors (Lipinski definition) is 3. The molecule has 5 nitrogen and oxygen atoms in total. The number of urea groups is 1. The van der Waals surface area contributed by atoms with Gasteiger partial charge in [0.1, 0.15) is 11.4 Å². The van der Waals surface area contributed by atoms with Crippen LogP contribution in [-0.4, -0.2) is 41.1 Å². The molecule has 5 heteroatoms. The first-order valence-electron chi connectivity index (χ1n) is 6.81. The number of ether oxygens (including phenoxy) is 1. The molecule has 0 aromatic heterocycles. The lowest BCUT2D eigenvalue weighted by Gasteiger charge is -2.45. The molecular weight excluding hydrogens is 242 g/mol. The molecule has 0 aromatic carbocycles. The summed E-state index contributed by atoms with van der Waals surface area (Å²) in [4.78, 5) is 17.6. The van der Waals surface area contributed by atoms with Crippen molar-refractivity contribution in [3.8, 4) is 12.3 Å². The summed E-state index contributed by atoms with van der Waals surface area (Å²) < 4.78 is 5.75. The average Bonchev–Trinajstić information content (AvgIpc) is 2.61. The first kappa shape index (κ1) is 13.9. The van der Waals surface area contributed by atoms with Crippen molar-refractivity contribution in [2.45, 2.75) is 57.2 Å². The molecule has 0 bridgehead atoms. The summed E-state index contributed by atoms with van der Waals surface area (Å²) in [5, 5.41) is 0. The minimum absolute atomic E-state index is 0.117. The maximum atomic E-state index is 12.0. The van der Waals surface area contributed by atoms with Gasteiger partial charge in [-0.2, -0.15) is 4.99 Å². The third-order valence-corrected chi connectivity index (χ3v) is 4.03. The van der Waals surface area contributed by atoms with E-state index in [0.29, 0.717) is 25.3 Å². The fourth-order valence-corrected chi connectivity index (χ4v) is 3.07. The van der Waals surface area contributed by atoms with E-state index in [2.05, 4.69) is 17.8 Å². The molecule has 0 aliphatic carbocycles. The van der Waals surface area contributed by atoms with E-state index in [1.54, 1.807) is 4.90 Å². The standard InChI is InChI=1S/C14H21N3O2/c1-4-6-11-9-14(7-8-19-11)12(15)16-13(18)17(14)10(3)5-2/h2,10-11H,4,6-9H2,1,3H3,(H2,15,16,18). The highest BCUT2D eigenvalue weighted by molar-refractivity contribution is 6.06. The molecule has 0 radical (unpaired) electrons. The van der Waals surface area contributed by atoms with Crippen LogP contribution in [0.2, 0.25) is 0 Å². The topological polar surface area (TPSA) is 67.9 Å². The van der Waals surface area contributed by atoms with Gasteiger partial charge in [0.2, 0.25) is 0 Å². The molecule has 1 fully saturated rings. The molecule has 3 atom stereocenters. The van der Waals surface area contributed by atoms with Gasteiger partial charge in [0.05, 0.1) is 12.1 Å². The van der Waals surface area contributed by atoms with Crippen LogP contribution in [0.3, 0.4) is 0 Å². The summed E-state index contributed by atoms with van der Waals surface area (Å²) in [5.41, 5.74) is 5.50. The third-order valence-electron chi connectivity index (χ3n) is 4.03. The van der Waals surface area contributed by atoms with Gasteiger partial charge in [-0.1, -0.05) is 19.3 Å². The number of terminal acetylenes is 1. The quantitative estimate of drug-likeness (QED) is 0.785. The number of nitrogens with zero attached hydrogens (tertiary/aromatic N) is 2. The van der Waals surface area contributed by atoms with Gasteiger partial charge >= 0.3 is 6.03 Å². The maximum absolute atomic E-state index is 12.0. The van der Waals surface area contributed by atoms with Crippen LogP contribution < -0.4 is 5.73 Å². The summed E-state index contributed by atoms with van der Waals surface area (Å²) in [5.74, 6) is 3.00. The smallest absolute Gasteiger partial charge is 0.347 e. The Labute approximate surface area is 114 Å². The number of nitrogens with two attached hydrogens (primary N) is 1. The molecule has 2 aliphatic heterocycles. The van der Waals surface area contributed by atoms with Crippen molar-refractivity contribution in [3.05, 3.63) is 0 Å². The van der Waals surface area contributed by atoms with Crippen LogP contribution in [0.4, 0.5) is 4.79 Å². The molecule has 1 saturated heterocycles. The Kier molecular flexibility index (Phi) is 3.81. The van der Waals surface area contributed by atoms with Crippen LogP contribution in [0.25, 0.3) is 0 Å².